The van der Waals surface area contributed by atoms with Crippen LogP contribution in [0, 0.1) is 0 Å². The average Bonchev–Trinajstić information content (AvgIpc) is 2.00. The molecule has 0 amide bonds. The van der Waals surface area contributed by atoms with Gasteiger partial charge in [-0.05, 0) is 6.26 Å². The lowest BCUT2D eigenvalue weighted by molar-refractivity contribution is -0.430. The van der Waals surface area contributed by atoms with Crippen molar-refractivity contribution in [3.8, 4) is 0 Å². The lowest BCUT2D eigenvalue weighted by atomic mass is 9.93. The van der Waals surface area contributed by atoms with Gasteiger partial charge in [0.05, 0.1) is 6.04 Å². The van der Waals surface area contributed by atoms with Crippen LogP contribution in [0.25, 0.3) is 0 Å². The van der Waals surface area contributed by atoms with E-state index in [4.69, 9.17) is 0 Å². The molecule has 1 aliphatic carbocycles. The van der Waals surface area contributed by atoms with Crippen LogP contribution in [0.2, 0.25) is 0 Å². The van der Waals surface area contributed by atoms with Crippen molar-refractivity contribution in [2.24, 2.45) is 0 Å². The lowest BCUT2D eigenvalue weighted by Crippen LogP contribution is -2.62. The molecule has 0 radical (unpaired) electrons. The highest BCUT2D eigenvalue weighted by molar-refractivity contribution is 7.79. The molecule has 1 rings (SSSR count). The van der Waals surface area contributed by atoms with E-state index in [2.05, 4.69) is 18.4 Å². The zero-order valence-corrected chi connectivity index (χ0v) is 7.71. The maximum atomic E-state index is 12.4. The molecule has 0 saturated heterocycles. The van der Waals surface area contributed by atoms with Crippen LogP contribution in [0.4, 0.5) is 8.78 Å². The highest BCUT2D eigenvalue weighted by Crippen LogP contribution is 2.31. The van der Waals surface area contributed by atoms with Gasteiger partial charge in [0.25, 0.3) is 0 Å². The molecule has 11 heavy (non-hydrogen) atoms. The average molecular weight is 184 g/mol. The van der Waals surface area contributed by atoms with Crippen molar-refractivity contribution in [1.82, 2.24) is 0 Å². The van der Waals surface area contributed by atoms with Gasteiger partial charge in [0, 0.05) is 25.7 Å². The van der Waals surface area contributed by atoms with Crippen molar-refractivity contribution in [2.45, 2.75) is 37.6 Å². The second-order valence-electron chi connectivity index (χ2n) is 2.80. The van der Waals surface area contributed by atoms with Crippen LogP contribution in [0.3, 0.4) is 0 Å². The zero-order valence-electron chi connectivity index (χ0n) is 6.82. The van der Waals surface area contributed by atoms with Gasteiger partial charge in [0.15, 0.2) is 0 Å². The number of quaternary nitrogens is 1. The van der Waals surface area contributed by atoms with E-state index in [1.807, 2.05) is 0 Å². The first kappa shape index (κ1) is 11.2. The van der Waals surface area contributed by atoms with E-state index in [0.717, 1.165) is 0 Å². The van der Waals surface area contributed by atoms with Gasteiger partial charge in [0.1, 0.15) is 0 Å². The first-order chi connectivity index (χ1) is 5.10. The van der Waals surface area contributed by atoms with Gasteiger partial charge < -0.3 is 5.73 Å². The van der Waals surface area contributed by atoms with Crippen LogP contribution in [0.5, 0.6) is 0 Å². The minimum Gasteiger partial charge on any atom is -0.355 e. The van der Waals surface area contributed by atoms with Crippen LogP contribution in [-0.4, -0.2) is 18.2 Å². The van der Waals surface area contributed by atoms with E-state index in [-0.39, 0.29) is 18.9 Å². The third-order valence-corrected chi connectivity index (χ3v) is 1.84. The standard InChI is InChI=1S/C6H11F2N.CH4S/c7-6(8)3-1-5(9)2-4-6;1-2/h5H,1-4,9H2;2H,1H3/p+1. The highest BCUT2D eigenvalue weighted by Gasteiger charge is 2.34. The van der Waals surface area contributed by atoms with Gasteiger partial charge in [-0.2, -0.15) is 12.6 Å². The lowest BCUT2D eigenvalue weighted by Gasteiger charge is -2.23. The third-order valence-electron chi connectivity index (χ3n) is 1.84. The summed E-state index contributed by atoms with van der Waals surface area (Å²) in [5.41, 5.74) is 3.73. The molecule has 0 aliphatic heterocycles. The Labute approximate surface area is 71.8 Å². The van der Waals surface area contributed by atoms with Gasteiger partial charge in [-0.15, -0.1) is 0 Å². The minimum absolute atomic E-state index is 0.0428. The molecule has 68 valence electrons. The molecule has 1 nitrogen and oxygen atoms in total. The molecule has 0 aromatic carbocycles. The first-order valence-corrected chi connectivity index (χ1v) is 4.65. The Morgan fingerprint density at radius 2 is 1.64 bits per heavy atom. The predicted molar refractivity (Wildman–Crippen MR) is 45.0 cm³/mol. The molecule has 1 aliphatic rings. The fourth-order valence-corrected chi connectivity index (χ4v) is 1.10. The Morgan fingerprint density at radius 1 is 1.27 bits per heavy atom. The summed E-state index contributed by atoms with van der Waals surface area (Å²) in [4.78, 5) is 0. The molecule has 0 bridgehead atoms. The van der Waals surface area contributed by atoms with Gasteiger partial charge in [0.2, 0.25) is 5.92 Å². The maximum absolute atomic E-state index is 12.4. The minimum atomic E-state index is -2.38. The van der Waals surface area contributed by atoms with Crippen molar-refractivity contribution < 1.29 is 14.5 Å². The van der Waals surface area contributed by atoms with Crippen molar-refractivity contribution in [1.29, 1.82) is 0 Å². The van der Waals surface area contributed by atoms with E-state index >= 15 is 0 Å². The Morgan fingerprint density at radius 3 is 1.91 bits per heavy atom. The monoisotopic (exact) mass is 184 g/mol. The smallest absolute Gasteiger partial charge is 0.248 e. The summed E-state index contributed by atoms with van der Waals surface area (Å²) in [5.74, 6) is -2.38. The van der Waals surface area contributed by atoms with E-state index in [1.165, 1.54) is 0 Å². The normalized spacial score (nSPS) is 23.7. The van der Waals surface area contributed by atoms with Crippen LogP contribution < -0.4 is 5.73 Å². The molecule has 0 aromatic heterocycles. The second-order valence-corrected chi connectivity index (χ2v) is 2.80. The van der Waals surface area contributed by atoms with E-state index in [0.29, 0.717) is 12.8 Å². The van der Waals surface area contributed by atoms with Crippen molar-refractivity contribution in [2.75, 3.05) is 6.26 Å². The molecule has 0 aromatic rings. The summed E-state index contributed by atoms with van der Waals surface area (Å²) in [6, 6.07) is 0.268. The van der Waals surface area contributed by atoms with Gasteiger partial charge in [-0.25, -0.2) is 8.78 Å². The summed E-state index contributed by atoms with van der Waals surface area (Å²) in [5, 5.41) is 0. The van der Waals surface area contributed by atoms with Crippen LogP contribution in [0.15, 0.2) is 0 Å². The molecule has 3 N–H and O–H groups in total. The van der Waals surface area contributed by atoms with Gasteiger partial charge >= 0.3 is 0 Å². The number of alkyl halides is 2. The van der Waals surface area contributed by atoms with Crippen LogP contribution in [-0.2, 0) is 0 Å². The summed E-state index contributed by atoms with van der Waals surface area (Å²) in [6.45, 7) is 0. The number of rotatable bonds is 0. The molecule has 4 heteroatoms. The SMILES string of the molecule is CS.[NH3+]C1CCC(F)(F)CC1. The van der Waals surface area contributed by atoms with E-state index in [9.17, 15) is 8.78 Å². The van der Waals surface area contributed by atoms with Crippen LogP contribution in [0.1, 0.15) is 25.7 Å². The molecule has 0 spiro atoms. The number of thiol groups is 1. The topological polar surface area (TPSA) is 27.6 Å². The van der Waals surface area contributed by atoms with Crippen molar-refractivity contribution in [3.05, 3.63) is 0 Å². The Kier molecular flexibility index (Phi) is 5.01. The summed E-state index contributed by atoms with van der Waals surface area (Å²) in [6.07, 6.45) is 2.96. The predicted octanol–water partition coefficient (Wildman–Crippen LogP) is 1.35. The van der Waals surface area contributed by atoms with Crippen molar-refractivity contribution >= 4 is 12.6 Å². The maximum Gasteiger partial charge on any atom is 0.248 e. The molecule has 0 unspecified atom stereocenters. The Bertz CT molecular complexity index is 98.6. The largest absolute Gasteiger partial charge is 0.355 e. The molecule has 1 fully saturated rings. The Balaban J connectivity index is 0.000000461. The first-order valence-electron chi connectivity index (χ1n) is 3.76. The molecule has 1 saturated carbocycles. The third kappa shape index (κ3) is 4.58. The summed E-state index contributed by atoms with van der Waals surface area (Å²) in [7, 11) is 0. The quantitative estimate of drug-likeness (QED) is 0.532. The van der Waals surface area contributed by atoms with E-state index < -0.39 is 5.92 Å². The van der Waals surface area contributed by atoms with Gasteiger partial charge in [-0.3, -0.25) is 0 Å². The second kappa shape index (κ2) is 4.93. The van der Waals surface area contributed by atoms with Crippen molar-refractivity contribution in [3.63, 3.8) is 0 Å². The number of hydrogen-bond donors (Lipinski definition) is 2. The molecular weight excluding hydrogens is 168 g/mol. The highest BCUT2D eigenvalue weighted by atomic mass is 32.1. The summed E-state index contributed by atoms with van der Waals surface area (Å²) >= 11 is 3.53. The number of halogens is 2. The van der Waals surface area contributed by atoms with Crippen LogP contribution >= 0.6 is 12.6 Å². The van der Waals surface area contributed by atoms with Gasteiger partial charge in [-0.1, -0.05) is 0 Å². The fourth-order valence-electron chi connectivity index (χ4n) is 1.10. The summed E-state index contributed by atoms with van der Waals surface area (Å²) < 4.78 is 24.7. The van der Waals surface area contributed by atoms with E-state index in [1.54, 1.807) is 6.26 Å². The molecular formula is C7H16F2NS+. The fraction of sp³-hybridized carbons (Fsp3) is 1.00. The number of hydrogen-bond acceptors (Lipinski definition) is 1. The Hall–Kier alpha value is 0.170. The molecule has 0 heterocycles. The molecule has 0 atom stereocenters. The zero-order chi connectivity index (χ0) is 8.91.